The van der Waals surface area contributed by atoms with E-state index in [2.05, 4.69) is 17.2 Å². The molecule has 1 aromatic carbocycles. The van der Waals surface area contributed by atoms with Crippen molar-refractivity contribution < 1.29 is 19.1 Å². The third-order valence-corrected chi connectivity index (χ3v) is 6.63. The number of carbonyl (C=O) groups excluding carboxylic acids is 3. The van der Waals surface area contributed by atoms with Crippen molar-refractivity contribution in [3.05, 3.63) is 47.5 Å². The Labute approximate surface area is 223 Å². The van der Waals surface area contributed by atoms with Gasteiger partial charge in [0.05, 0.1) is 0 Å². The summed E-state index contributed by atoms with van der Waals surface area (Å²) in [6.07, 6.45) is 6.63. The normalized spacial score (nSPS) is 16.0. The zero-order chi connectivity index (χ0) is 27.8. The summed E-state index contributed by atoms with van der Waals surface area (Å²) in [4.78, 5) is 42.3. The molecular formula is C30H47N3O4. The molecular weight excluding hydrogens is 466 g/mol. The quantitative estimate of drug-likeness (QED) is 0.390. The Bertz CT molecular complexity index is 924. The molecule has 0 aliphatic heterocycles. The molecule has 0 radical (unpaired) electrons. The third kappa shape index (κ3) is 9.20. The fraction of sp³-hybridized carbons (Fsp3) is 0.633. The van der Waals surface area contributed by atoms with Crippen LogP contribution in [0.3, 0.4) is 0 Å². The predicted octanol–water partition coefficient (Wildman–Crippen LogP) is 5.75. The van der Waals surface area contributed by atoms with Gasteiger partial charge in [-0.2, -0.15) is 0 Å². The molecule has 2 atom stereocenters. The first-order valence-electron chi connectivity index (χ1n) is 13.6. The topological polar surface area (TPSA) is 87.7 Å². The van der Waals surface area contributed by atoms with Gasteiger partial charge in [0, 0.05) is 12.6 Å². The van der Waals surface area contributed by atoms with E-state index >= 15 is 0 Å². The first kappa shape index (κ1) is 30.4. The Morgan fingerprint density at radius 3 is 2.22 bits per heavy atom. The first-order valence-corrected chi connectivity index (χ1v) is 13.6. The molecule has 2 rings (SSSR count). The molecule has 206 valence electrons. The van der Waals surface area contributed by atoms with Crippen LogP contribution in [-0.2, 0) is 14.3 Å². The van der Waals surface area contributed by atoms with Crippen molar-refractivity contribution in [2.45, 2.75) is 111 Å². The second kappa shape index (κ2) is 13.6. The molecule has 1 aromatic rings. The average molecular weight is 514 g/mol. The van der Waals surface area contributed by atoms with E-state index in [0.717, 1.165) is 42.4 Å². The number of ether oxygens (including phenoxy) is 1. The Morgan fingerprint density at radius 1 is 1.11 bits per heavy atom. The lowest BCUT2D eigenvalue weighted by Crippen LogP contribution is -2.54. The van der Waals surface area contributed by atoms with Gasteiger partial charge in [-0.05, 0) is 76.5 Å². The van der Waals surface area contributed by atoms with Crippen molar-refractivity contribution >= 4 is 17.9 Å². The minimum Gasteiger partial charge on any atom is -0.444 e. The van der Waals surface area contributed by atoms with E-state index in [1.54, 1.807) is 31.7 Å². The van der Waals surface area contributed by atoms with Crippen molar-refractivity contribution in [3.8, 4) is 0 Å². The number of hydrogen-bond donors (Lipinski definition) is 2. The number of nitrogens with one attached hydrogen (secondary N) is 2. The Balaban J connectivity index is 2.50. The number of alkyl carbamates (subject to hydrolysis) is 1. The van der Waals surface area contributed by atoms with Crippen LogP contribution >= 0.6 is 0 Å². The lowest BCUT2D eigenvalue weighted by molar-refractivity contribution is -0.142. The summed E-state index contributed by atoms with van der Waals surface area (Å²) < 4.78 is 5.45. The summed E-state index contributed by atoms with van der Waals surface area (Å²) in [5.74, 6) is -0.393. The smallest absolute Gasteiger partial charge is 0.408 e. The van der Waals surface area contributed by atoms with E-state index in [9.17, 15) is 14.4 Å². The van der Waals surface area contributed by atoms with Gasteiger partial charge in [0.2, 0.25) is 11.8 Å². The van der Waals surface area contributed by atoms with Crippen LogP contribution in [0.2, 0.25) is 0 Å². The van der Waals surface area contributed by atoms with E-state index < -0.39 is 23.8 Å². The number of carbonyl (C=O) groups is 3. The summed E-state index contributed by atoms with van der Waals surface area (Å²) >= 11 is 0. The Morgan fingerprint density at radius 2 is 1.70 bits per heavy atom. The van der Waals surface area contributed by atoms with Crippen LogP contribution in [0.15, 0.2) is 30.9 Å². The second-order valence-electron chi connectivity index (χ2n) is 11.7. The molecule has 0 spiro atoms. The van der Waals surface area contributed by atoms with E-state index in [1.807, 2.05) is 45.9 Å². The maximum Gasteiger partial charge on any atom is 0.408 e. The highest BCUT2D eigenvalue weighted by molar-refractivity contribution is 5.92. The van der Waals surface area contributed by atoms with Gasteiger partial charge in [0.1, 0.15) is 17.7 Å². The summed E-state index contributed by atoms with van der Waals surface area (Å²) in [5.41, 5.74) is 1.99. The number of amides is 3. The fourth-order valence-electron chi connectivity index (χ4n) is 5.02. The van der Waals surface area contributed by atoms with Crippen molar-refractivity contribution in [2.24, 2.45) is 5.92 Å². The van der Waals surface area contributed by atoms with Crippen LogP contribution < -0.4 is 10.6 Å². The summed E-state index contributed by atoms with van der Waals surface area (Å²) in [5, 5.41) is 6.02. The molecule has 0 bridgehead atoms. The van der Waals surface area contributed by atoms with Gasteiger partial charge in [-0.25, -0.2) is 4.79 Å². The van der Waals surface area contributed by atoms with Crippen molar-refractivity contribution in [1.29, 1.82) is 0 Å². The monoisotopic (exact) mass is 513 g/mol. The highest BCUT2D eigenvalue weighted by Gasteiger charge is 2.38. The molecule has 37 heavy (non-hydrogen) atoms. The van der Waals surface area contributed by atoms with E-state index in [1.165, 1.54) is 6.42 Å². The SMILES string of the molecule is C=CCN(C(=O)C(CC(C)C)NC(=O)OC(C)(C)C)C(C(=O)NC1CCCCC1)c1c(C)cccc1C. The Kier molecular flexibility index (Phi) is 11.2. The lowest BCUT2D eigenvalue weighted by atomic mass is 9.91. The molecule has 0 saturated heterocycles. The molecule has 3 amide bonds. The molecule has 1 fully saturated rings. The van der Waals surface area contributed by atoms with Gasteiger partial charge < -0.3 is 20.3 Å². The number of nitrogens with zero attached hydrogens (tertiary/aromatic N) is 1. The minimum absolute atomic E-state index is 0.0973. The van der Waals surface area contributed by atoms with Crippen LogP contribution in [0, 0.1) is 19.8 Å². The number of benzene rings is 1. The Hall–Kier alpha value is -2.83. The van der Waals surface area contributed by atoms with Crippen LogP contribution in [0.4, 0.5) is 4.79 Å². The van der Waals surface area contributed by atoms with Crippen molar-refractivity contribution in [3.63, 3.8) is 0 Å². The van der Waals surface area contributed by atoms with E-state index in [-0.39, 0.29) is 30.3 Å². The van der Waals surface area contributed by atoms with Gasteiger partial charge in [-0.1, -0.05) is 57.4 Å². The summed E-state index contributed by atoms with van der Waals surface area (Å²) in [6.45, 7) is 17.3. The average Bonchev–Trinajstić information content (AvgIpc) is 2.78. The first-order chi connectivity index (χ1) is 17.3. The molecule has 0 heterocycles. The number of hydrogen-bond acceptors (Lipinski definition) is 4. The minimum atomic E-state index is -0.844. The predicted molar refractivity (Wildman–Crippen MR) is 148 cm³/mol. The zero-order valence-corrected chi connectivity index (χ0v) is 23.9. The molecule has 1 saturated carbocycles. The van der Waals surface area contributed by atoms with E-state index in [0.29, 0.717) is 6.42 Å². The van der Waals surface area contributed by atoms with Crippen LogP contribution in [0.25, 0.3) is 0 Å². The molecule has 0 aromatic heterocycles. The van der Waals surface area contributed by atoms with Gasteiger partial charge in [-0.3, -0.25) is 9.59 Å². The highest BCUT2D eigenvalue weighted by atomic mass is 16.6. The fourth-order valence-corrected chi connectivity index (χ4v) is 5.02. The standard InChI is InChI=1S/C30H47N3O4/c1-9-18-33(28(35)24(19-20(2)3)32-29(36)37-30(6,7)8)26(25-21(4)14-13-15-22(25)5)27(34)31-23-16-11-10-12-17-23/h9,13-15,20,23-24,26H,1,10-12,16-19H2,2-8H3,(H,31,34)(H,32,36). The molecule has 1 aliphatic rings. The second-order valence-corrected chi connectivity index (χ2v) is 11.7. The van der Waals surface area contributed by atoms with Crippen LogP contribution in [0.1, 0.15) is 95.9 Å². The maximum atomic E-state index is 14.1. The van der Waals surface area contributed by atoms with Crippen molar-refractivity contribution in [2.75, 3.05) is 6.54 Å². The largest absolute Gasteiger partial charge is 0.444 e. The lowest BCUT2D eigenvalue weighted by Gasteiger charge is -2.36. The van der Waals surface area contributed by atoms with Gasteiger partial charge in [0.25, 0.3) is 0 Å². The molecule has 7 heteroatoms. The van der Waals surface area contributed by atoms with Gasteiger partial charge in [-0.15, -0.1) is 6.58 Å². The molecule has 2 N–H and O–H groups in total. The molecule has 2 unspecified atom stereocenters. The third-order valence-electron chi connectivity index (χ3n) is 6.63. The highest BCUT2D eigenvalue weighted by Crippen LogP contribution is 2.30. The van der Waals surface area contributed by atoms with Gasteiger partial charge in [0.15, 0.2) is 0 Å². The molecule has 1 aliphatic carbocycles. The summed E-state index contributed by atoms with van der Waals surface area (Å²) in [7, 11) is 0. The van der Waals surface area contributed by atoms with Crippen molar-refractivity contribution in [1.82, 2.24) is 15.5 Å². The van der Waals surface area contributed by atoms with E-state index in [4.69, 9.17) is 4.74 Å². The number of aryl methyl sites for hydroxylation is 2. The number of rotatable bonds is 10. The van der Waals surface area contributed by atoms with Gasteiger partial charge >= 0.3 is 6.09 Å². The van der Waals surface area contributed by atoms with Crippen LogP contribution in [0.5, 0.6) is 0 Å². The summed E-state index contributed by atoms with van der Waals surface area (Å²) in [6, 6.07) is 4.29. The zero-order valence-electron chi connectivity index (χ0n) is 23.9. The maximum absolute atomic E-state index is 14.1. The molecule has 7 nitrogen and oxygen atoms in total. The van der Waals surface area contributed by atoms with Crippen LogP contribution in [-0.4, -0.2) is 47.0 Å².